The van der Waals surface area contributed by atoms with Gasteiger partial charge in [0, 0.05) is 47.7 Å². The zero-order valence-corrected chi connectivity index (χ0v) is 23.5. The summed E-state index contributed by atoms with van der Waals surface area (Å²) < 4.78 is 0. The van der Waals surface area contributed by atoms with Crippen molar-refractivity contribution in [2.45, 2.75) is 46.0 Å². The van der Waals surface area contributed by atoms with E-state index in [4.69, 9.17) is 0 Å². The van der Waals surface area contributed by atoms with Gasteiger partial charge in [0.25, 0.3) is 5.91 Å². The second kappa shape index (κ2) is 11.8. The molecule has 1 aliphatic rings. The molecule has 1 amide bonds. The third-order valence-electron chi connectivity index (χ3n) is 6.93. The minimum atomic E-state index is -0.225. The zero-order chi connectivity index (χ0) is 28.1. The zero-order valence-electron chi connectivity index (χ0n) is 23.5. The van der Waals surface area contributed by atoms with Crippen LogP contribution in [0.25, 0.3) is 0 Å². The van der Waals surface area contributed by atoms with Gasteiger partial charge in [-0.25, -0.2) is 15.1 Å². The molecule has 0 saturated carbocycles. The second-order valence-corrected chi connectivity index (χ2v) is 11.0. The summed E-state index contributed by atoms with van der Waals surface area (Å²) in [6.45, 7) is 12.3. The van der Waals surface area contributed by atoms with Crippen molar-refractivity contribution in [3.8, 4) is 0 Å². The highest BCUT2D eigenvalue weighted by Crippen LogP contribution is 2.34. The first-order valence-electron chi connectivity index (χ1n) is 13.6. The Morgan fingerprint density at radius 2 is 1.85 bits per heavy atom. The largest absolute Gasteiger partial charge is 0.369 e. The lowest BCUT2D eigenvalue weighted by molar-refractivity contribution is 0.102. The highest BCUT2D eigenvalue weighted by Gasteiger charge is 2.22. The number of aromatic nitrogens is 6. The number of likely N-dealkylation sites (tertiary alicyclic amines) is 1. The van der Waals surface area contributed by atoms with E-state index in [1.54, 1.807) is 12.3 Å². The van der Waals surface area contributed by atoms with E-state index in [2.05, 4.69) is 66.4 Å². The predicted molar refractivity (Wildman–Crippen MR) is 156 cm³/mol. The SMILES string of the molecule is Cc1ccc(C(=O)Nc2ccnc(C(C)(C)C)c2)cc1N(c1cc(NCCN2CCCC2)ncn1)c1ncn[nH]1. The molecule has 5 rings (SSSR count). The van der Waals surface area contributed by atoms with Crippen LogP contribution in [-0.4, -0.2) is 67.1 Å². The van der Waals surface area contributed by atoms with E-state index in [9.17, 15) is 4.79 Å². The molecule has 0 unspecified atom stereocenters. The van der Waals surface area contributed by atoms with Gasteiger partial charge in [0.05, 0.1) is 5.69 Å². The molecule has 1 fully saturated rings. The minimum Gasteiger partial charge on any atom is -0.369 e. The molecule has 3 N–H and O–H groups in total. The Morgan fingerprint density at radius 1 is 1.02 bits per heavy atom. The summed E-state index contributed by atoms with van der Waals surface area (Å²) in [7, 11) is 0. The van der Waals surface area contributed by atoms with Gasteiger partial charge in [0.2, 0.25) is 5.95 Å². The number of nitrogens with one attached hydrogen (secondary N) is 3. The molecule has 4 aromatic rings. The second-order valence-electron chi connectivity index (χ2n) is 11.0. The number of hydrogen-bond donors (Lipinski definition) is 3. The van der Waals surface area contributed by atoms with Gasteiger partial charge in [-0.2, -0.15) is 10.1 Å². The van der Waals surface area contributed by atoms with Gasteiger partial charge in [0.1, 0.15) is 24.3 Å². The summed E-state index contributed by atoms with van der Waals surface area (Å²) in [5.74, 6) is 1.57. The first-order valence-corrected chi connectivity index (χ1v) is 13.6. The minimum absolute atomic E-state index is 0.130. The first kappa shape index (κ1) is 27.2. The van der Waals surface area contributed by atoms with Gasteiger partial charge in [-0.1, -0.05) is 26.8 Å². The van der Waals surface area contributed by atoms with Gasteiger partial charge in [-0.15, -0.1) is 0 Å². The van der Waals surface area contributed by atoms with Crippen LogP contribution >= 0.6 is 0 Å². The molecule has 11 nitrogen and oxygen atoms in total. The van der Waals surface area contributed by atoms with Crippen molar-refractivity contribution < 1.29 is 4.79 Å². The lowest BCUT2D eigenvalue weighted by Gasteiger charge is -2.24. The number of aromatic amines is 1. The molecule has 0 aliphatic carbocycles. The average molecular weight is 541 g/mol. The summed E-state index contributed by atoms with van der Waals surface area (Å²) in [5.41, 5.74) is 3.65. The van der Waals surface area contributed by atoms with Crippen molar-refractivity contribution >= 4 is 34.9 Å². The van der Waals surface area contributed by atoms with E-state index in [1.165, 1.54) is 25.5 Å². The number of hydrogen-bond acceptors (Lipinski definition) is 9. The van der Waals surface area contributed by atoms with Crippen LogP contribution in [0, 0.1) is 6.92 Å². The summed E-state index contributed by atoms with van der Waals surface area (Å²) in [6, 6.07) is 11.1. The maximum Gasteiger partial charge on any atom is 0.255 e. The number of carbonyl (C=O) groups is 1. The number of anilines is 5. The Balaban J connectivity index is 1.40. The van der Waals surface area contributed by atoms with Crippen molar-refractivity contribution in [3.05, 3.63) is 72.1 Å². The molecular weight excluding hydrogens is 504 g/mol. The third-order valence-corrected chi connectivity index (χ3v) is 6.93. The number of nitrogens with zero attached hydrogens (tertiary/aromatic N) is 7. The normalized spacial score (nSPS) is 13.8. The number of benzene rings is 1. The van der Waals surface area contributed by atoms with Gasteiger partial charge >= 0.3 is 0 Å². The van der Waals surface area contributed by atoms with E-state index >= 15 is 0 Å². The number of rotatable bonds is 9. The van der Waals surface area contributed by atoms with Crippen LogP contribution in [0.5, 0.6) is 0 Å². The molecular formula is C29H36N10O. The molecule has 1 saturated heterocycles. The Morgan fingerprint density at radius 3 is 2.60 bits per heavy atom. The molecule has 0 bridgehead atoms. The molecule has 0 atom stereocenters. The van der Waals surface area contributed by atoms with Crippen LogP contribution in [-0.2, 0) is 5.41 Å². The van der Waals surface area contributed by atoms with Gasteiger partial charge in [-0.3, -0.25) is 14.7 Å². The molecule has 0 radical (unpaired) electrons. The Labute approximate surface area is 234 Å². The number of amides is 1. The molecule has 11 heteroatoms. The van der Waals surface area contributed by atoms with Crippen LogP contribution in [0.1, 0.15) is 55.2 Å². The maximum atomic E-state index is 13.3. The van der Waals surface area contributed by atoms with Crippen molar-refractivity contribution in [2.75, 3.05) is 41.7 Å². The Hall–Kier alpha value is -4.38. The van der Waals surface area contributed by atoms with Crippen molar-refractivity contribution in [3.63, 3.8) is 0 Å². The van der Waals surface area contributed by atoms with Gasteiger partial charge < -0.3 is 15.5 Å². The highest BCUT2D eigenvalue weighted by atomic mass is 16.1. The standard InChI is InChI=1S/C29H36N10O/c1-20-7-8-21(27(40)36-22-9-10-30-24(16-22)29(2,3)4)15-23(20)39(28-34-19-35-37-28)26-17-25(32-18-33-26)31-11-14-38-12-5-6-13-38/h7-10,15-19H,5-6,11-14H2,1-4H3,(H,30,36,40)(H,31,32,33)(H,34,35,37). The van der Waals surface area contributed by atoms with Crippen LogP contribution in [0.15, 0.2) is 55.2 Å². The highest BCUT2D eigenvalue weighted by molar-refractivity contribution is 6.05. The van der Waals surface area contributed by atoms with Crippen LogP contribution in [0.2, 0.25) is 0 Å². The fourth-order valence-electron chi connectivity index (χ4n) is 4.68. The maximum absolute atomic E-state index is 13.3. The van der Waals surface area contributed by atoms with Crippen molar-refractivity contribution in [1.29, 1.82) is 0 Å². The fraction of sp³-hybridized carbons (Fsp3) is 0.379. The molecule has 3 aromatic heterocycles. The average Bonchev–Trinajstić information content (AvgIpc) is 3.65. The van der Waals surface area contributed by atoms with Gasteiger partial charge in [0.15, 0.2) is 0 Å². The van der Waals surface area contributed by atoms with Crippen molar-refractivity contribution in [2.24, 2.45) is 0 Å². The third kappa shape index (κ3) is 6.42. The Bertz CT molecular complexity index is 1440. The lowest BCUT2D eigenvalue weighted by Crippen LogP contribution is -2.26. The van der Waals surface area contributed by atoms with Gasteiger partial charge in [-0.05, 0) is 62.7 Å². The topological polar surface area (TPSA) is 128 Å². The predicted octanol–water partition coefficient (Wildman–Crippen LogP) is 4.83. The summed E-state index contributed by atoms with van der Waals surface area (Å²) in [6.07, 6.45) is 7.22. The van der Waals surface area contributed by atoms with Crippen LogP contribution < -0.4 is 15.5 Å². The van der Waals surface area contributed by atoms with E-state index in [0.717, 1.165) is 43.1 Å². The Kier molecular flexibility index (Phi) is 8.01. The number of pyridine rings is 1. The quantitative estimate of drug-likeness (QED) is 0.274. The summed E-state index contributed by atoms with van der Waals surface area (Å²) >= 11 is 0. The van der Waals surface area contributed by atoms with Crippen LogP contribution in [0.4, 0.5) is 29.0 Å². The number of H-pyrrole nitrogens is 1. The molecule has 0 spiro atoms. The number of aryl methyl sites for hydroxylation is 1. The lowest BCUT2D eigenvalue weighted by atomic mass is 9.91. The summed E-state index contributed by atoms with van der Waals surface area (Å²) in [4.78, 5) is 35.4. The number of carbonyl (C=O) groups excluding carboxylic acids is 1. The van der Waals surface area contributed by atoms with Crippen molar-refractivity contribution in [1.82, 2.24) is 35.0 Å². The molecule has 208 valence electrons. The molecule has 1 aromatic carbocycles. The van der Waals surface area contributed by atoms with E-state index in [-0.39, 0.29) is 11.3 Å². The molecule has 4 heterocycles. The monoisotopic (exact) mass is 540 g/mol. The summed E-state index contributed by atoms with van der Waals surface area (Å²) in [5, 5.41) is 13.4. The van der Waals surface area contributed by atoms with E-state index in [1.807, 2.05) is 42.2 Å². The van der Waals surface area contributed by atoms with E-state index in [0.29, 0.717) is 28.8 Å². The smallest absolute Gasteiger partial charge is 0.255 e. The fourth-order valence-corrected chi connectivity index (χ4v) is 4.68. The van der Waals surface area contributed by atoms with Crippen LogP contribution in [0.3, 0.4) is 0 Å². The molecule has 1 aliphatic heterocycles. The van der Waals surface area contributed by atoms with E-state index < -0.39 is 0 Å². The molecule has 40 heavy (non-hydrogen) atoms. The first-order chi connectivity index (χ1) is 19.3.